The van der Waals surface area contributed by atoms with E-state index in [9.17, 15) is 0 Å². The lowest BCUT2D eigenvalue weighted by Gasteiger charge is -2.17. The van der Waals surface area contributed by atoms with Crippen molar-refractivity contribution in [1.82, 2.24) is 4.90 Å². The molecule has 0 amide bonds. The molecule has 0 fully saturated rings. The molecule has 0 spiro atoms. The maximum absolute atomic E-state index is 6.09. The van der Waals surface area contributed by atoms with Gasteiger partial charge >= 0.3 is 0 Å². The van der Waals surface area contributed by atoms with Crippen LogP contribution in [0.25, 0.3) is 11.1 Å². The van der Waals surface area contributed by atoms with Crippen LogP contribution in [0.2, 0.25) is 0 Å². The van der Waals surface area contributed by atoms with Crippen LogP contribution in [-0.2, 0) is 13.1 Å². The molecular formula is C25H24N2O3. The molecule has 0 atom stereocenters. The summed E-state index contributed by atoms with van der Waals surface area (Å²) in [5.74, 6) is 2.32. The molecule has 5 rings (SSSR count). The smallest absolute Gasteiger partial charge is 0.161 e. The minimum Gasteiger partial charge on any atom is -0.490 e. The molecule has 0 radical (unpaired) electrons. The quantitative estimate of drug-likeness (QED) is 0.552. The van der Waals surface area contributed by atoms with Crippen molar-refractivity contribution < 1.29 is 14.2 Å². The minimum atomic E-state index is 0.514. The van der Waals surface area contributed by atoms with E-state index in [0.29, 0.717) is 19.9 Å². The normalized spacial score (nSPS) is 15.3. The van der Waals surface area contributed by atoms with E-state index < -0.39 is 0 Å². The van der Waals surface area contributed by atoms with Gasteiger partial charge in [0.25, 0.3) is 0 Å². The van der Waals surface area contributed by atoms with Gasteiger partial charge in [-0.25, -0.2) is 0 Å². The predicted molar refractivity (Wildman–Crippen MR) is 118 cm³/mol. The summed E-state index contributed by atoms with van der Waals surface area (Å²) in [7, 11) is 0. The maximum atomic E-state index is 6.09. The van der Waals surface area contributed by atoms with Crippen LogP contribution in [0.4, 0.5) is 5.69 Å². The summed E-state index contributed by atoms with van der Waals surface area (Å²) in [6.45, 7) is 7.41. The first-order valence-electron chi connectivity index (χ1n) is 10.2. The van der Waals surface area contributed by atoms with Gasteiger partial charge < -0.3 is 14.2 Å². The lowest BCUT2D eigenvalue weighted by Crippen LogP contribution is -2.22. The van der Waals surface area contributed by atoms with Gasteiger partial charge in [-0.2, -0.15) is 0 Å². The monoisotopic (exact) mass is 400 g/mol. The van der Waals surface area contributed by atoms with Gasteiger partial charge in [-0.05, 0) is 53.2 Å². The number of ether oxygens (including phenoxy) is 3. The summed E-state index contributed by atoms with van der Waals surface area (Å²) in [6, 6.07) is 20.6. The van der Waals surface area contributed by atoms with Crippen molar-refractivity contribution in [2.24, 2.45) is 4.99 Å². The Morgan fingerprint density at radius 2 is 1.57 bits per heavy atom. The van der Waals surface area contributed by atoms with Crippen LogP contribution in [0, 0.1) is 0 Å². The molecule has 2 heterocycles. The standard InChI is InChI=1S/C25H24N2O3/c1-26-22-13-18(19-8-10-24-25(14-19)29-12-4-11-28-24)7-9-23(22)30-17-27-15-20-5-2-3-6-21(20)16-27/h2-3,5-10,13-14H,1,4,11-12,15-17H2. The second kappa shape index (κ2) is 8.20. The second-order valence-electron chi connectivity index (χ2n) is 7.58. The number of nitrogens with zero attached hydrogens (tertiary/aromatic N) is 2. The fraction of sp³-hybridized carbons (Fsp3) is 0.240. The molecule has 0 aromatic heterocycles. The van der Waals surface area contributed by atoms with Crippen LogP contribution in [-0.4, -0.2) is 31.6 Å². The molecule has 2 aliphatic rings. The van der Waals surface area contributed by atoms with Gasteiger partial charge in [0.1, 0.15) is 18.2 Å². The fourth-order valence-corrected chi connectivity index (χ4v) is 3.94. The lowest BCUT2D eigenvalue weighted by atomic mass is 10.0. The zero-order chi connectivity index (χ0) is 20.3. The SMILES string of the molecule is C=Nc1cc(-c2ccc3c(c2)OCCCO3)ccc1OCN1Cc2ccccc2C1. The highest BCUT2D eigenvalue weighted by Crippen LogP contribution is 2.37. The summed E-state index contributed by atoms with van der Waals surface area (Å²) in [5, 5.41) is 0. The third-order valence-corrected chi connectivity index (χ3v) is 5.52. The molecular weight excluding hydrogens is 376 g/mol. The lowest BCUT2D eigenvalue weighted by molar-refractivity contribution is 0.125. The third kappa shape index (κ3) is 3.76. The van der Waals surface area contributed by atoms with Crippen LogP contribution in [0.15, 0.2) is 65.7 Å². The topological polar surface area (TPSA) is 43.3 Å². The van der Waals surface area contributed by atoms with Gasteiger partial charge in [-0.3, -0.25) is 9.89 Å². The van der Waals surface area contributed by atoms with Gasteiger partial charge in [0.2, 0.25) is 0 Å². The van der Waals surface area contributed by atoms with E-state index >= 15 is 0 Å². The Kier molecular flexibility index (Phi) is 5.11. The van der Waals surface area contributed by atoms with Gasteiger partial charge in [-0.1, -0.05) is 36.4 Å². The molecule has 0 unspecified atom stereocenters. The van der Waals surface area contributed by atoms with Crippen molar-refractivity contribution in [2.45, 2.75) is 19.5 Å². The van der Waals surface area contributed by atoms with Crippen LogP contribution >= 0.6 is 0 Å². The number of rotatable bonds is 5. The molecule has 0 saturated heterocycles. The van der Waals surface area contributed by atoms with Gasteiger partial charge in [0.15, 0.2) is 11.5 Å². The highest BCUT2D eigenvalue weighted by atomic mass is 16.5. The molecule has 152 valence electrons. The van der Waals surface area contributed by atoms with E-state index in [1.54, 1.807) is 0 Å². The molecule has 30 heavy (non-hydrogen) atoms. The van der Waals surface area contributed by atoms with Crippen molar-refractivity contribution in [3.05, 3.63) is 71.8 Å². The Balaban J connectivity index is 1.31. The number of hydrogen-bond donors (Lipinski definition) is 0. The van der Waals surface area contributed by atoms with Crippen LogP contribution in [0.1, 0.15) is 17.5 Å². The van der Waals surface area contributed by atoms with E-state index in [1.165, 1.54) is 11.1 Å². The Hall–Kier alpha value is -3.31. The summed E-state index contributed by atoms with van der Waals surface area (Å²) < 4.78 is 17.6. The van der Waals surface area contributed by atoms with E-state index in [2.05, 4.69) is 40.9 Å². The maximum Gasteiger partial charge on any atom is 0.161 e. The summed E-state index contributed by atoms with van der Waals surface area (Å²) >= 11 is 0. The molecule has 0 N–H and O–H groups in total. The Bertz CT molecular complexity index is 1050. The van der Waals surface area contributed by atoms with Crippen molar-refractivity contribution in [1.29, 1.82) is 0 Å². The summed E-state index contributed by atoms with van der Waals surface area (Å²) in [6.07, 6.45) is 0.892. The molecule has 3 aromatic rings. The highest BCUT2D eigenvalue weighted by Gasteiger charge is 2.19. The van der Waals surface area contributed by atoms with Crippen molar-refractivity contribution >= 4 is 12.4 Å². The molecule has 0 saturated carbocycles. The molecule has 0 bridgehead atoms. The fourth-order valence-electron chi connectivity index (χ4n) is 3.94. The first kappa shape index (κ1) is 18.7. The molecule has 5 heteroatoms. The van der Waals surface area contributed by atoms with E-state index in [0.717, 1.165) is 53.6 Å². The number of aliphatic imine (C=N–C) groups is 1. The number of benzene rings is 3. The van der Waals surface area contributed by atoms with Crippen LogP contribution < -0.4 is 14.2 Å². The number of fused-ring (bicyclic) bond motifs is 2. The first-order valence-corrected chi connectivity index (χ1v) is 10.2. The average Bonchev–Trinajstić information content (AvgIpc) is 3.06. The summed E-state index contributed by atoms with van der Waals surface area (Å²) in [5.41, 5.74) is 5.55. The van der Waals surface area contributed by atoms with Gasteiger partial charge in [0.05, 0.1) is 13.2 Å². The molecule has 3 aromatic carbocycles. The van der Waals surface area contributed by atoms with E-state index in [-0.39, 0.29) is 0 Å². The highest BCUT2D eigenvalue weighted by molar-refractivity contribution is 5.73. The second-order valence-corrected chi connectivity index (χ2v) is 7.58. The molecule has 2 aliphatic heterocycles. The van der Waals surface area contributed by atoms with Crippen molar-refractivity contribution in [3.63, 3.8) is 0 Å². The van der Waals surface area contributed by atoms with Gasteiger partial charge in [-0.15, -0.1) is 0 Å². The van der Waals surface area contributed by atoms with E-state index in [1.807, 2.05) is 36.4 Å². The van der Waals surface area contributed by atoms with Crippen molar-refractivity contribution in [3.8, 4) is 28.4 Å². The zero-order valence-electron chi connectivity index (χ0n) is 16.8. The Morgan fingerprint density at radius 1 is 0.867 bits per heavy atom. The van der Waals surface area contributed by atoms with Crippen molar-refractivity contribution in [2.75, 3.05) is 19.9 Å². The molecule has 0 aliphatic carbocycles. The van der Waals surface area contributed by atoms with E-state index in [4.69, 9.17) is 14.2 Å². The Labute approximate surface area is 176 Å². The first-order chi connectivity index (χ1) is 14.8. The third-order valence-electron chi connectivity index (χ3n) is 5.52. The minimum absolute atomic E-state index is 0.514. The van der Waals surface area contributed by atoms with Gasteiger partial charge in [0, 0.05) is 19.5 Å². The largest absolute Gasteiger partial charge is 0.490 e. The zero-order valence-corrected chi connectivity index (χ0v) is 16.8. The van der Waals surface area contributed by atoms with Crippen LogP contribution in [0.5, 0.6) is 17.2 Å². The predicted octanol–water partition coefficient (Wildman–Crippen LogP) is 5.20. The van der Waals surface area contributed by atoms with Crippen LogP contribution in [0.3, 0.4) is 0 Å². The number of hydrogen-bond acceptors (Lipinski definition) is 5. The average molecular weight is 400 g/mol. The molecule has 5 nitrogen and oxygen atoms in total. The Morgan fingerprint density at radius 3 is 2.33 bits per heavy atom. The summed E-state index contributed by atoms with van der Waals surface area (Å²) in [4.78, 5) is 6.47.